The number of aliphatic carboxylic acids is 1. The molecule has 1 amide bonds. The largest absolute Gasteiger partial charge is 1.00 e. The third kappa shape index (κ3) is 98.7. The van der Waals surface area contributed by atoms with E-state index < -0.39 is 45.7 Å². The molecule has 0 aliphatic rings. The number of carbonyl (C=O) groups excluding carboxylic acids is 5. The van der Waals surface area contributed by atoms with Gasteiger partial charge in [-0.1, -0.05) is 61.1 Å². The van der Waals surface area contributed by atoms with E-state index in [1.807, 2.05) is 141 Å². The number of ether oxygens (including phenoxy) is 1. The summed E-state index contributed by atoms with van der Waals surface area (Å²) in [5.74, 6) is -2.85. The molecule has 0 bridgehead atoms. The number of hydrogen-bond acceptors (Lipinski definition) is 32. The van der Waals surface area contributed by atoms with E-state index in [1.54, 1.807) is 112 Å². The molecule has 637 valence electrons. The van der Waals surface area contributed by atoms with Crippen molar-refractivity contribution < 1.29 is 83.2 Å². The molecule has 0 aliphatic heterocycles. The van der Waals surface area contributed by atoms with Crippen LogP contribution in [0.3, 0.4) is 0 Å². The number of aliphatic imine (C=N–C) groups is 2. The Morgan fingerprint density at radius 3 is 1.21 bits per heavy atom. The van der Waals surface area contributed by atoms with Gasteiger partial charge in [0.15, 0.2) is 10.1 Å². The molecule has 0 aliphatic carbocycles. The predicted molar refractivity (Wildman–Crippen MR) is 448 cm³/mol. The average Bonchev–Trinajstić information content (AvgIpc) is 0.925. The summed E-state index contributed by atoms with van der Waals surface area (Å²) in [5, 5.41) is 32.9. The Hall–Kier alpha value is -11.4. The Labute approximate surface area is 710 Å². The van der Waals surface area contributed by atoms with Gasteiger partial charge in [-0.05, 0) is 206 Å². The molecule has 8 rings (SSSR count). The van der Waals surface area contributed by atoms with Crippen LogP contribution in [0, 0.1) is 20.2 Å². The maximum atomic E-state index is 11.5. The molecular formula is C76H121BN26NaO13. The Bertz CT molecular complexity index is 3310. The van der Waals surface area contributed by atoms with E-state index in [1.165, 1.54) is 11.1 Å². The minimum Gasteiger partial charge on any atom is -0.550 e. The summed E-state index contributed by atoms with van der Waals surface area (Å²) in [4.78, 5) is 117. The maximum Gasteiger partial charge on any atom is 1.00 e. The van der Waals surface area contributed by atoms with Crippen molar-refractivity contribution in [2.75, 3.05) is 52.4 Å². The van der Waals surface area contributed by atoms with Crippen LogP contribution < -0.4 is 113 Å². The molecule has 2 atom stereocenters. The number of carbonyl (C=O) groups is 5. The van der Waals surface area contributed by atoms with E-state index in [9.17, 15) is 39.4 Å². The Morgan fingerprint density at radius 1 is 0.521 bits per heavy atom. The van der Waals surface area contributed by atoms with Crippen LogP contribution in [-0.4, -0.2) is 171 Å². The van der Waals surface area contributed by atoms with Crippen LogP contribution >= 0.6 is 0 Å². The van der Waals surface area contributed by atoms with Crippen LogP contribution in [0.15, 0.2) is 218 Å². The SMILES string of the molecule is CC(=O)OOC(C)=O.CC(=O)[O-].CC(C)(C)OC(=O)N[C@H](C=O)CCCN=C(N)N[N+](=O)[O-].CCN.CCNC[C@@H](N)CCCN=C(N)N[N+](=O)[O-].NCCc1ccccn1.NCCc1cccnc1.NCCc1ccncc1.NCc1ccccn1.NCc1cccnc1.NCc1ccncc1.[B].[Na+].c1ccncc1.c1ccncc1. The molecule has 8 aromatic rings. The van der Waals surface area contributed by atoms with Gasteiger partial charge in [-0.3, -0.25) is 39.9 Å². The van der Waals surface area contributed by atoms with Gasteiger partial charge in [0, 0.05) is 172 Å². The van der Waals surface area contributed by atoms with Crippen LogP contribution in [0.1, 0.15) is 115 Å². The number of aromatic nitrogens is 8. The molecule has 0 saturated heterocycles. The number of aldehydes is 1. The van der Waals surface area contributed by atoms with Crippen molar-refractivity contribution in [2.45, 2.75) is 138 Å². The van der Waals surface area contributed by atoms with Gasteiger partial charge in [-0.15, -0.1) is 0 Å². The van der Waals surface area contributed by atoms with Crippen molar-refractivity contribution in [3.63, 3.8) is 0 Å². The van der Waals surface area contributed by atoms with E-state index >= 15 is 0 Å². The van der Waals surface area contributed by atoms with Gasteiger partial charge in [0.2, 0.25) is 0 Å². The van der Waals surface area contributed by atoms with E-state index in [0.29, 0.717) is 64.9 Å². The molecule has 0 unspecified atom stereocenters. The molecule has 24 N–H and O–H groups in total. The van der Waals surface area contributed by atoms with Crippen molar-refractivity contribution in [2.24, 2.45) is 67.3 Å². The van der Waals surface area contributed by atoms with Gasteiger partial charge in [-0.25, -0.2) is 54.4 Å². The normalized spacial score (nSPS) is 9.98. The Kier molecular flexibility index (Phi) is 89.9. The fourth-order valence-corrected chi connectivity index (χ4v) is 6.81. The third-order valence-electron chi connectivity index (χ3n) is 11.7. The van der Waals surface area contributed by atoms with Crippen molar-refractivity contribution in [1.82, 2.24) is 61.4 Å². The number of rotatable bonds is 24. The molecule has 8 aromatic heterocycles. The summed E-state index contributed by atoms with van der Waals surface area (Å²) in [5.41, 5.74) is 62.5. The van der Waals surface area contributed by atoms with Crippen LogP contribution in [0.25, 0.3) is 0 Å². The third-order valence-corrected chi connectivity index (χ3v) is 11.7. The number of pyridine rings is 8. The Balaban J connectivity index is -0.000000230. The van der Waals surface area contributed by atoms with Crippen LogP contribution in [0.4, 0.5) is 4.79 Å². The Morgan fingerprint density at radius 2 is 0.906 bits per heavy atom. The molecule has 8 heterocycles. The van der Waals surface area contributed by atoms with Crippen molar-refractivity contribution in [3.8, 4) is 0 Å². The van der Waals surface area contributed by atoms with Crippen molar-refractivity contribution >= 4 is 50.6 Å². The summed E-state index contributed by atoms with van der Waals surface area (Å²) in [7, 11) is 0. The van der Waals surface area contributed by atoms with Gasteiger partial charge in [0.25, 0.3) is 11.9 Å². The second-order valence-corrected chi connectivity index (χ2v) is 22.9. The van der Waals surface area contributed by atoms with Gasteiger partial charge in [0.05, 0.1) is 11.7 Å². The van der Waals surface area contributed by atoms with Gasteiger partial charge >= 0.3 is 47.6 Å². The van der Waals surface area contributed by atoms with Crippen molar-refractivity contribution in [3.05, 3.63) is 262 Å². The first-order valence-electron chi connectivity index (χ1n) is 35.9. The van der Waals surface area contributed by atoms with E-state index in [-0.39, 0.29) is 62.5 Å². The van der Waals surface area contributed by atoms with Gasteiger partial charge < -0.3 is 87.4 Å². The fourth-order valence-electron chi connectivity index (χ4n) is 6.81. The summed E-state index contributed by atoms with van der Waals surface area (Å²) in [6.45, 7) is 19.1. The number of nitrogens with two attached hydrogens (primary N) is 10. The van der Waals surface area contributed by atoms with Crippen molar-refractivity contribution in [1.29, 1.82) is 0 Å². The molecule has 39 nitrogen and oxygen atoms in total. The molecule has 0 spiro atoms. The van der Waals surface area contributed by atoms with E-state index in [0.717, 1.165) is 95.0 Å². The number of guanidine groups is 2. The number of alkyl carbamates (subject to hydrolysis) is 1. The molecule has 3 radical (unpaired) electrons. The first-order chi connectivity index (χ1) is 55.1. The second-order valence-electron chi connectivity index (χ2n) is 22.9. The van der Waals surface area contributed by atoms with E-state index in [2.05, 4.69) is 70.3 Å². The summed E-state index contributed by atoms with van der Waals surface area (Å²) >= 11 is 0. The minimum absolute atomic E-state index is 0. The number of carboxylic acids is 1. The van der Waals surface area contributed by atoms with Gasteiger partial charge in [0.1, 0.15) is 11.9 Å². The standard InChI is InChI=1S/C11H21N5O5.C8H20N6O2.3C7H10N2.3C6H8N2.2C5H5N.C4H6O4.C2H7N.C2H4O2.B.Na/c1-11(2,3)21-10(18)14-8(7-17)5-4-6-13-9(12)15-16(19)20;1-2-11-6-7(9)4-3-5-12-8(10)13-14(15)16;8-4-1-7-2-5-9-6-3-7;8-4-3-7-2-1-5-9-6-7;8-5-4-7-3-1-2-6-9-7;7-5-6-1-3-8-4-2-6;7-4-6-2-1-3-8-5-6;7-5-6-3-1-2-4-8-6;2*1-2-4-6-5-3-1;1-3(5)7-8-4(2)6;1-2-3;1-2(3)4;;/h7-8H,4-6H2,1-3H3,(H,14,18)(H3,12,13,15);7,11H,2-6,9H2,1H3,(H3,10,12,13);2-3,5-6H,1,4,8H2;1-2,5-6H,3-4,8H2;1-3,6H,4-5,8H2;1-4H,5,7H2;1-3,5H,4,7H2;1-4H,5,7H2;2*1-5H;1-2H3;2-3H2,1H3;1H3,(H,3,4);;/q;;;;;;;;;;;;;;+1/p-1/t8-;7-;;;;;;;;;;;;;/m00............./s1. The minimum atomic E-state index is -1.08. The number of likely N-dealkylation sites (N-methyl/N-ethyl adjacent to an activating group) is 1. The number of nitro groups is 2. The number of hydrogen-bond donors (Lipinski definition) is 14. The van der Waals surface area contributed by atoms with Crippen LogP contribution in [0.2, 0.25) is 0 Å². The smallest absolute Gasteiger partial charge is 0.550 e. The zero-order valence-electron chi connectivity index (χ0n) is 68.6. The molecule has 41 heteroatoms. The maximum absolute atomic E-state index is 11.5. The van der Waals surface area contributed by atoms with E-state index in [4.69, 9.17) is 72.0 Å². The topological polar surface area (TPSA) is 659 Å². The zero-order chi connectivity index (χ0) is 87.2. The fraction of sp³-hybridized carbons (Fsp3) is 0.382. The second kappa shape index (κ2) is 88.5. The number of carboxylic acid groups (broad SMARTS) is 1. The first kappa shape index (κ1) is 119. The van der Waals surface area contributed by atoms with Gasteiger partial charge in [-0.2, -0.15) is 0 Å². The van der Waals surface area contributed by atoms with Crippen LogP contribution in [0.5, 0.6) is 0 Å². The van der Waals surface area contributed by atoms with Crippen LogP contribution in [-0.2, 0) is 72.6 Å². The molecule has 0 aromatic carbocycles. The zero-order valence-corrected chi connectivity index (χ0v) is 70.6. The summed E-state index contributed by atoms with van der Waals surface area (Å²) in [6, 6.07) is 37.9. The number of hydrazine groups is 2. The average molecular weight is 1640 g/mol. The summed E-state index contributed by atoms with van der Waals surface area (Å²) < 4.78 is 5.02. The number of nitrogens with zero attached hydrogens (tertiary/aromatic N) is 12. The number of amides is 1. The molecular weight excluding hydrogens is 1520 g/mol. The molecule has 0 saturated carbocycles. The first-order valence-corrected chi connectivity index (χ1v) is 35.9. The summed E-state index contributed by atoms with van der Waals surface area (Å²) in [6.07, 6.45) is 29.6. The molecule has 0 fully saturated rings. The monoisotopic (exact) mass is 1640 g/mol. The predicted octanol–water partition coefficient (Wildman–Crippen LogP) is -0.341. The molecule has 117 heavy (non-hydrogen) atoms. The number of nitrogens with one attached hydrogen (secondary N) is 4. The quantitative estimate of drug-likeness (QED) is 0.00538.